The Kier molecular flexibility index (Phi) is 3.81. The molecule has 1 atom stereocenters. The monoisotopic (exact) mass is 257 g/mol. The Bertz CT molecular complexity index is 505. The molecule has 0 saturated carbocycles. The number of nitrogens with two attached hydrogens (primary N) is 1. The van der Waals surface area contributed by atoms with E-state index in [4.69, 9.17) is 11.0 Å². The fourth-order valence-electron chi connectivity index (χ4n) is 1.29. The molecule has 96 valence electrons. The van der Waals surface area contributed by atoms with E-state index in [0.717, 1.165) is 18.2 Å². The minimum atomic E-state index is -4.58. The van der Waals surface area contributed by atoms with Crippen molar-refractivity contribution < 1.29 is 18.0 Å². The molecule has 0 aromatic heterocycles. The molecule has 0 bridgehead atoms. The number of alkyl halides is 3. The van der Waals surface area contributed by atoms with Crippen LogP contribution in [0.4, 0.5) is 18.9 Å². The highest BCUT2D eigenvalue weighted by molar-refractivity contribution is 5.82. The van der Waals surface area contributed by atoms with Crippen molar-refractivity contribution in [3.63, 3.8) is 0 Å². The molecule has 0 aliphatic rings. The van der Waals surface area contributed by atoms with Crippen molar-refractivity contribution in [2.24, 2.45) is 5.73 Å². The summed E-state index contributed by atoms with van der Waals surface area (Å²) < 4.78 is 37.5. The second-order valence-electron chi connectivity index (χ2n) is 3.64. The molecule has 0 heterocycles. The molecule has 1 aromatic rings. The number of hydrogen-bond acceptors (Lipinski definition) is 3. The summed E-state index contributed by atoms with van der Waals surface area (Å²) in [4.78, 5) is 10.8. The lowest BCUT2D eigenvalue weighted by atomic mass is 10.1. The average Bonchev–Trinajstić information content (AvgIpc) is 2.27. The molecule has 1 rings (SSSR count). The number of anilines is 1. The molecule has 4 nitrogen and oxygen atoms in total. The summed E-state index contributed by atoms with van der Waals surface area (Å²) in [7, 11) is 0. The van der Waals surface area contributed by atoms with E-state index >= 15 is 0 Å². The normalized spacial score (nSPS) is 12.6. The van der Waals surface area contributed by atoms with Gasteiger partial charge in [0, 0.05) is 5.69 Å². The van der Waals surface area contributed by atoms with Gasteiger partial charge in [0.15, 0.2) is 0 Å². The number of carbonyl (C=O) groups excluding carboxylic acids is 1. The molecular weight excluding hydrogens is 247 g/mol. The van der Waals surface area contributed by atoms with E-state index in [9.17, 15) is 18.0 Å². The summed E-state index contributed by atoms with van der Waals surface area (Å²) in [5.41, 5.74) is 3.71. The molecule has 18 heavy (non-hydrogen) atoms. The molecule has 1 unspecified atom stereocenters. The van der Waals surface area contributed by atoms with Gasteiger partial charge in [-0.1, -0.05) is 0 Å². The summed E-state index contributed by atoms with van der Waals surface area (Å²) in [5, 5.41) is 11.3. The van der Waals surface area contributed by atoms with Crippen molar-refractivity contribution in [1.29, 1.82) is 5.26 Å². The number of nitrogens with one attached hydrogen (secondary N) is 1. The van der Waals surface area contributed by atoms with Crippen molar-refractivity contribution in [3.8, 4) is 6.07 Å². The van der Waals surface area contributed by atoms with Crippen LogP contribution in [0.1, 0.15) is 18.1 Å². The first-order valence-corrected chi connectivity index (χ1v) is 4.93. The SMILES string of the molecule is CC(Nc1ccc(C(F)(F)F)c(C#N)c1)C(N)=O. The topological polar surface area (TPSA) is 78.9 Å². The lowest BCUT2D eigenvalue weighted by Crippen LogP contribution is -2.32. The van der Waals surface area contributed by atoms with Gasteiger partial charge in [-0.3, -0.25) is 4.79 Å². The Morgan fingerprint density at radius 3 is 2.56 bits per heavy atom. The average molecular weight is 257 g/mol. The predicted molar refractivity (Wildman–Crippen MR) is 58.4 cm³/mol. The first kappa shape index (κ1) is 13.8. The van der Waals surface area contributed by atoms with E-state index in [2.05, 4.69) is 5.32 Å². The Morgan fingerprint density at radius 1 is 1.50 bits per heavy atom. The van der Waals surface area contributed by atoms with E-state index in [1.807, 2.05) is 0 Å². The zero-order valence-electron chi connectivity index (χ0n) is 9.38. The number of primary amides is 1. The zero-order valence-corrected chi connectivity index (χ0v) is 9.38. The predicted octanol–water partition coefficient (Wildman–Crippen LogP) is 1.86. The van der Waals surface area contributed by atoms with Crippen molar-refractivity contribution in [3.05, 3.63) is 29.3 Å². The summed E-state index contributed by atoms with van der Waals surface area (Å²) in [5.74, 6) is -0.645. The molecule has 0 spiro atoms. The van der Waals surface area contributed by atoms with Crippen molar-refractivity contribution in [2.75, 3.05) is 5.32 Å². The van der Waals surface area contributed by atoms with Gasteiger partial charge in [0.2, 0.25) is 5.91 Å². The Labute approximate surface area is 101 Å². The van der Waals surface area contributed by atoms with Gasteiger partial charge in [-0.25, -0.2) is 0 Å². The van der Waals surface area contributed by atoms with Crippen LogP contribution in [-0.2, 0) is 11.0 Å². The number of halogens is 3. The lowest BCUT2D eigenvalue weighted by Gasteiger charge is -2.14. The van der Waals surface area contributed by atoms with Gasteiger partial charge >= 0.3 is 6.18 Å². The first-order valence-electron chi connectivity index (χ1n) is 4.93. The van der Waals surface area contributed by atoms with Crippen LogP contribution in [0.2, 0.25) is 0 Å². The first-order chi connectivity index (χ1) is 8.25. The fraction of sp³-hybridized carbons (Fsp3) is 0.273. The third-order valence-electron chi connectivity index (χ3n) is 2.26. The molecule has 1 amide bonds. The number of carbonyl (C=O) groups is 1. The van der Waals surface area contributed by atoms with Gasteiger partial charge in [-0.2, -0.15) is 18.4 Å². The third kappa shape index (κ3) is 3.13. The van der Waals surface area contributed by atoms with Crippen LogP contribution in [0.25, 0.3) is 0 Å². The smallest absolute Gasteiger partial charge is 0.374 e. The van der Waals surface area contributed by atoms with Crippen LogP contribution in [0.15, 0.2) is 18.2 Å². The fourth-order valence-corrected chi connectivity index (χ4v) is 1.29. The number of rotatable bonds is 3. The largest absolute Gasteiger partial charge is 0.417 e. The van der Waals surface area contributed by atoms with Crippen molar-refractivity contribution >= 4 is 11.6 Å². The van der Waals surface area contributed by atoms with Gasteiger partial charge in [0.05, 0.1) is 17.2 Å². The maximum absolute atomic E-state index is 12.5. The minimum absolute atomic E-state index is 0.228. The van der Waals surface area contributed by atoms with Gasteiger partial charge in [-0.05, 0) is 25.1 Å². The minimum Gasteiger partial charge on any atom is -0.374 e. The van der Waals surface area contributed by atoms with Crippen molar-refractivity contribution in [2.45, 2.75) is 19.1 Å². The molecule has 0 radical (unpaired) electrons. The Balaban J connectivity index is 3.08. The van der Waals surface area contributed by atoms with E-state index < -0.39 is 29.3 Å². The van der Waals surface area contributed by atoms with E-state index in [1.54, 1.807) is 0 Å². The van der Waals surface area contributed by atoms with E-state index in [0.29, 0.717) is 0 Å². The van der Waals surface area contributed by atoms with Gasteiger partial charge in [0.25, 0.3) is 0 Å². The molecule has 0 saturated heterocycles. The molecule has 0 fully saturated rings. The third-order valence-corrected chi connectivity index (χ3v) is 2.26. The van der Waals surface area contributed by atoms with Crippen LogP contribution < -0.4 is 11.1 Å². The van der Waals surface area contributed by atoms with Crippen LogP contribution in [-0.4, -0.2) is 11.9 Å². The van der Waals surface area contributed by atoms with Gasteiger partial charge < -0.3 is 11.1 Å². The van der Waals surface area contributed by atoms with Gasteiger partial charge in [-0.15, -0.1) is 0 Å². The van der Waals surface area contributed by atoms with Crippen LogP contribution >= 0.6 is 0 Å². The highest BCUT2D eigenvalue weighted by Gasteiger charge is 2.33. The summed E-state index contributed by atoms with van der Waals surface area (Å²) >= 11 is 0. The van der Waals surface area contributed by atoms with Crippen LogP contribution in [0.3, 0.4) is 0 Å². The summed E-state index contributed by atoms with van der Waals surface area (Å²) in [6, 6.07) is 3.68. The highest BCUT2D eigenvalue weighted by atomic mass is 19.4. The van der Waals surface area contributed by atoms with E-state index in [-0.39, 0.29) is 5.69 Å². The molecule has 0 aliphatic heterocycles. The highest BCUT2D eigenvalue weighted by Crippen LogP contribution is 2.33. The number of benzene rings is 1. The number of nitrogens with zero attached hydrogens (tertiary/aromatic N) is 1. The second kappa shape index (κ2) is 4.96. The maximum atomic E-state index is 12.5. The molecule has 0 aliphatic carbocycles. The molecule has 3 N–H and O–H groups in total. The lowest BCUT2D eigenvalue weighted by molar-refractivity contribution is -0.137. The maximum Gasteiger partial charge on any atom is 0.417 e. The number of nitriles is 1. The van der Waals surface area contributed by atoms with Crippen LogP contribution in [0, 0.1) is 11.3 Å². The summed E-state index contributed by atoms with van der Waals surface area (Å²) in [6.07, 6.45) is -4.58. The molecular formula is C11H10F3N3O. The zero-order chi connectivity index (χ0) is 13.9. The number of amides is 1. The van der Waals surface area contributed by atoms with Gasteiger partial charge in [0.1, 0.15) is 6.04 Å². The summed E-state index contributed by atoms with van der Waals surface area (Å²) in [6.45, 7) is 1.46. The molecule has 1 aromatic carbocycles. The number of hydrogen-bond donors (Lipinski definition) is 2. The van der Waals surface area contributed by atoms with Crippen molar-refractivity contribution in [1.82, 2.24) is 0 Å². The standard InChI is InChI=1S/C11H10F3N3O/c1-6(10(16)18)17-8-2-3-9(11(12,13)14)7(4-8)5-15/h2-4,6,17H,1H3,(H2,16,18). The molecule has 7 heteroatoms. The second-order valence-corrected chi connectivity index (χ2v) is 3.64. The Morgan fingerprint density at radius 2 is 2.11 bits per heavy atom. The Hall–Kier alpha value is -2.23. The quantitative estimate of drug-likeness (QED) is 0.867. The van der Waals surface area contributed by atoms with E-state index in [1.165, 1.54) is 13.0 Å². The van der Waals surface area contributed by atoms with Crippen LogP contribution in [0.5, 0.6) is 0 Å².